The first kappa shape index (κ1) is 11.8. The molecule has 1 saturated heterocycles. The van der Waals surface area contributed by atoms with Gasteiger partial charge in [0, 0.05) is 17.2 Å². The number of rotatable bonds is 2. The highest BCUT2D eigenvalue weighted by Crippen LogP contribution is 2.24. The van der Waals surface area contributed by atoms with E-state index in [1.165, 1.54) is 0 Å². The number of aliphatic hydroxyl groups excluding tert-OH is 1. The molecule has 0 aromatic carbocycles. The molecule has 0 spiro atoms. The number of β-amino-alcohol motifs (C(OH)–C–C–N with tert-alkyl or cyclic N) is 1. The highest BCUT2D eigenvalue weighted by Gasteiger charge is 2.28. The zero-order chi connectivity index (χ0) is 12.5. The second kappa shape index (κ2) is 4.75. The van der Waals surface area contributed by atoms with E-state index in [0.29, 0.717) is 30.4 Å². The molecule has 0 bridgehead atoms. The number of nitrogens with zero attached hydrogens (tertiary/aromatic N) is 3. The average molecular weight is 311 g/mol. The molecule has 18 heavy (non-hydrogen) atoms. The molecule has 1 fully saturated rings. The minimum Gasteiger partial charge on any atom is -0.392 e. The topological polar surface area (TPSA) is 84.1 Å². The Bertz CT molecular complexity index is 542. The van der Waals surface area contributed by atoms with E-state index in [1.807, 2.05) is 12.1 Å². The molecule has 2 aromatic heterocycles. The van der Waals surface area contributed by atoms with Gasteiger partial charge in [0.1, 0.15) is 5.69 Å². The lowest BCUT2D eigenvalue weighted by atomic mass is 10.2. The zero-order valence-electron chi connectivity index (χ0n) is 9.38. The van der Waals surface area contributed by atoms with Crippen LogP contribution in [-0.4, -0.2) is 32.9 Å². The summed E-state index contributed by atoms with van der Waals surface area (Å²) in [5, 5.41) is 16.5. The minimum absolute atomic E-state index is 0.0725. The van der Waals surface area contributed by atoms with Crippen molar-refractivity contribution in [1.29, 1.82) is 0 Å². The van der Waals surface area contributed by atoms with Crippen LogP contribution in [0.2, 0.25) is 0 Å². The number of aromatic nitrogens is 3. The van der Waals surface area contributed by atoms with Crippen molar-refractivity contribution in [3.63, 3.8) is 0 Å². The molecule has 0 amide bonds. The number of pyridine rings is 1. The average Bonchev–Trinajstić information content (AvgIpc) is 2.98. The van der Waals surface area contributed by atoms with Gasteiger partial charge in [0.25, 0.3) is 0 Å². The quantitative estimate of drug-likeness (QED) is 0.869. The van der Waals surface area contributed by atoms with Crippen LogP contribution in [0.15, 0.2) is 27.3 Å². The van der Waals surface area contributed by atoms with Gasteiger partial charge in [0.05, 0.1) is 12.1 Å². The van der Waals surface area contributed by atoms with Gasteiger partial charge in [-0.05, 0) is 34.5 Å². The summed E-state index contributed by atoms with van der Waals surface area (Å²) in [6, 6.07) is 3.61. The SMILES string of the molecule is OC1CN[C@H](c2nc(-c3ccc(Br)cn3)no2)C1. The molecule has 6 nitrogen and oxygen atoms in total. The van der Waals surface area contributed by atoms with E-state index in [-0.39, 0.29) is 12.1 Å². The van der Waals surface area contributed by atoms with Crippen LogP contribution in [-0.2, 0) is 0 Å². The maximum Gasteiger partial charge on any atom is 0.244 e. The number of halogens is 1. The third-order valence-corrected chi connectivity index (χ3v) is 3.27. The third kappa shape index (κ3) is 2.29. The summed E-state index contributed by atoms with van der Waals surface area (Å²) in [6.45, 7) is 0.554. The van der Waals surface area contributed by atoms with Crippen molar-refractivity contribution in [1.82, 2.24) is 20.4 Å². The van der Waals surface area contributed by atoms with Crippen LogP contribution in [0.25, 0.3) is 11.5 Å². The summed E-state index contributed by atoms with van der Waals surface area (Å²) in [5.74, 6) is 0.951. The third-order valence-electron chi connectivity index (χ3n) is 2.80. The van der Waals surface area contributed by atoms with Gasteiger partial charge in [-0.3, -0.25) is 4.98 Å². The number of aliphatic hydroxyl groups is 1. The van der Waals surface area contributed by atoms with Crippen molar-refractivity contribution >= 4 is 15.9 Å². The van der Waals surface area contributed by atoms with Crippen molar-refractivity contribution in [2.24, 2.45) is 0 Å². The largest absolute Gasteiger partial charge is 0.392 e. The van der Waals surface area contributed by atoms with Gasteiger partial charge < -0.3 is 14.9 Å². The first-order valence-electron chi connectivity index (χ1n) is 5.59. The molecule has 94 valence electrons. The molecular formula is C11H11BrN4O2. The van der Waals surface area contributed by atoms with Crippen LogP contribution < -0.4 is 5.32 Å². The second-order valence-electron chi connectivity index (χ2n) is 4.17. The standard InChI is InChI=1S/C11H11BrN4O2/c12-6-1-2-8(13-4-6)10-15-11(18-16-10)9-3-7(17)5-14-9/h1-2,4,7,9,14,17H,3,5H2/t7?,9-/m0/s1. The fourth-order valence-corrected chi connectivity index (χ4v) is 2.13. The van der Waals surface area contributed by atoms with E-state index >= 15 is 0 Å². The molecule has 0 aliphatic carbocycles. The Morgan fingerprint density at radius 2 is 2.33 bits per heavy atom. The smallest absolute Gasteiger partial charge is 0.244 e. The Labute approximate surface area is 112 Å². The van der Waals surface area contributed by atoms with E-state index in [4.69, 9.17) is 4.52 Å². The van der Waals surface area contributed by atoms with Crippen LogP contribution in [0.4, 0.5) is 0 Å². The fraction of sp³-hybridized carbons (Fsp3) is 0.364. The minimum atomic E-state index is -0.351. The molecule has 2 N–H and O–H groups in total. The van der Waals surface area contributed by atoms with Crippen LogP contribution in [0.1, 0.15) is 18.4 Å². The highest BCUT2D eigenvalue weighted by molar-refractivity contribution is 9.10. The van der Waals surface area contributed by atoms with Gasteiger partial charge >= 0.3 is 0 Å². The number of nitrogens with one attached hydrogen (secondary N) is 1. The summed E-state index contributed by atoms with van der Waals surface area (Å²) >= 11 is 3.32. The molecule has 1 aliphatic rings. The van der Waals surface area contributed by atoms with Gasteiger partial charge in [0.15, 0.2) is 0 Å². The predicted molar refractivity (Wildman–Crippen MR) is 66.6 cm³/mol. The Kier molecular flexibility index (Phi) is 3.11. The molecule has 7 heteroatoms. The summed E-state index contributed by atoms with van der Waals surface area (Å²) in [6.07, 6.45) is 1.93. The van der Waals surface area contributed by atoms with Gasteiger partial charge in [-0.1, -0.05) is 5.16 Å². The lowest BCUT2D eigenvalue weighted by Crippen LogP contribution is -2.15. The molecule has 2 aromatic rings. The Morgan fingerprint density at radius 3 is 3.00 bits per heavy atom. The van der Waals surface area contributed by atoms with Crippen molar-refractivity contribution in [2.75, 3.05) is 6.54 Å². The van der Waals surface area contributed by atoms with Crippen molar-refractivity contribution in [2.45, 2.75) is 18.6 Å². The Hall–Kier alpha value is -1.31. The lowest BCUT2D eigenvalue weighted by molar-refractivity contribution is 0.191. The van der Waals surface area contributed by atoms with Gasteiger partial charge in [-0.2, -0.15) is 4.98 Å². The summed E-state index contributed by atoms with van der Waals surface area (Å²) < 4.78 is 6.09. The Balaban J connectivity index is 1.83. The molecule has 0 saturated carbocycles. The molecule has 0 radical (unpaired) electrons. The van der Waals surface area contributed by atoms with E-state index < -0.39 is 0 Å². The summed E-state index contributed by atoms with van der Waals surface area (Å²) in [4.78, 5) is 8.50. The molecular weight excluding hydrogens is 300 g/mol. The maximum atomic E-state index is 9.45. The van der Waals surface area contributed by atoms with Crippen LogP contribution >= 0.6 is 15.9 Å². The predicted octanol–water partition coefficient (Wildman–Crippen LogP) is 1.29. The monoisotopic (exact) mass is 310 g/mol. The van der Waals surface area contributed by atoms with E-state index in [2.05, 4.69) is 36.4 Å². The summed E-state index contributed by atoms with van der Waals surface area (Å²) in [5.41, 5.74) is 0.659. The number of hydrogen-bond acceptors (Lipinski definition) is 6. The zero-order valence-corrected chi connectivity index (χ0v) is 11.0. The molecule has 1 unspecified atom stereocenters. The molecule has 2 atom stereocenters. The van der Waals surface area contributed by atoms with Crippen molar-refractivity contribution in [3.05, 3.63) is 28.7 Å². The normalized spacial score (nSPS) is 23.4. The van der Waals surface area contributed by atoms with Crippen LogP contribution in [0.5, 0.6) is 0 Å². The van der Waals surface area contributed by atoms with Crippen LogP contribution in [0.3, 0.4) is 0 Å². The summed E-state index contributed by atoms with van der Waals surface area (Å²) in [7, 11) is 0. The maximum absolute atomic E-state index is 9.45. The first-order valence-corrected chi connectivity index (χ1v) is 6.38. The van der Waals surface area contributed by atoms with E-state index in [0.717, 1.165) is 4.47 Å². The second-order valence-corrected chi connectivity index (χ2v) is 5.08. The van der Waals surface area contributed by atoms with Crippen molar-refractivity contribution < 1.29 is 9.63 Å². The highest BCUT2D eigenvalue weighted by atomic mass is 79.9. The van der Waals surface area contributed by atoms with Gasteiger partial charge in [-0.25, -0.2) is 0 Å². The molecule has 3 rings (SSSR count). The lowest BCUT2D eigenvalue weighted by Gasteiger charge is -2.01. The fourth-order valence-electron chi connectivity index (χ4n) is 1.89. The Morgan fingerprint density at radius 1 is 1.44 bits per heavy atom. The molecule has 1 aliphatic heterocycles. The van der Waals surface area contributed by atoms with E-state index in [9.17, 15) is 5.11 Å². The van der Waals surface area contributed by atoms with Crippen molar-refractivity contribution in [3.8, 4) is 11.5 Å². The molecule has 3 heterocycles. The van der Waals surface area contributed by atoms with Gasteiger partial charge in [0.2, 0.25) is 11.7 Å². The van der Waals surface area contributed by atoms with E-state index in [1.54, 1.807) is 6.20 Å². The van der Waals surface area contributed by atoms with Gasteiger partial charge in [-0.15, -0.1) is 0 Å². The van der Waals surface area contributed by atoms with Crippen LogP contribution in [0, 0.1) is 0 Å². The first-order chi connectivity index (χ1) is 8.72. The number of hydrogen-bond donors (Lipinski definition) is 2.